The van der Waals surface area contributed by atoms with E-state index in [-0.39, 0.29) is 17.3 Å². The number of carbonyl (C=O) groups is 2. The summed E-state index contributed by atoms with van der Waals surface area (Å²) in [6.45, 7) is 3.87. The zero-order valence-corrected chi connectivity index (χ0v) is 17.7. The number of hydrogen-bond acceptors (Lipinski definition) is 5. The lowest BCUT2D eigenvalue weighted by molar-refractivity contribution is -0.386. The van der Waals surface area contributed by atoms with Crippen molar-refractivity contribution in [3.8, 4) is 5.75 Å². The van der Waals surface area contributed by atoms with Gasteiger partial charge in [-0.15, -0.1) is 0 Å². The summed E-state index contributed by atoms with van der Waals surface area (Å²) in [6, 6.07) is 21.8. The maximum atomic E-state index is 13.0. The fourth-order valence-corrected chi connectivity index (χ4v) is 3.13. The van der Waals surface area contributed by atoms with E-state index in [1.54, 1.807) is 35.2 Å². The first kappa shape index (κ1) is 22.5. The van der Waals surface area contributed by atoms with Gasteiger partial charge < -0.3 is 15.0 Å². The predicted octanol–water partition coefficient (Wildman–Crippen LogP) is 4.67. The van der Waals surface area contributed by atoms with Gasteiger partial charge in [0.25, 0.3) is 11.8 Å². The summed E-state index contributed by atoms with van der Waals surface area (Å²) in [5.41, 5.74) is 1.39. The van der Waals surface area contributed by atoms with E-state index < -0.39 is 16.9 Å². The summed E-state index contributed by atoms with van der Waals surface area (Å²) in [5, 5.41) is 13.8. The average Bonchev–Trinajstić information content (AvgIpc) is 2.80. The van der Waals surface area contributed by atoms with Gasteiger partial charge in [0.05, 0.1) is 4.92 Å². The largest absolute Gasteiger partial charge is 0.474 e. The number of benzene rings is 3. The van der Waals surface area contributed by atoms with Crippen LogP contribution in [0.4, 0.5) is 17.1 Å². The number of hydrogen-bond donors (Lipinski definition) is 1. The van der Waals surface area contributed by atoms with Crippen molar-refractivity contribution in [2.24, 2.45) is 0 Å². The molecule has 3 aromatic carbocycles. The number of nitro groups is 1. The van der Waals surface area contributed by atoms with Crippen LogP contribution in [-0.4, -0.2) is 29.4 Å². The highest BCUT2D eigenvalue weighted by atomic mass is 16.6. The molecule has 0 saturated heterocycles. The van der Waals surface area contributed by atoms with E-state index in [0.717, 1.165) is 5.69 Å². The molecule has 0 bridgehead atoms. The standard InChI is InChI=1S/C24H23N3O5/c1-3-26(20-12-5-4-6-13-20)24(29)18-10-9-11-19(16-18)25-23(28)17(2)32-22-15-8-7-14-21(22)27(30)31/h4-17H,3H2,1-2H3,(H,25,28). The molecule has 3 aromatic rings. The number of nitrogens with one attached hydrogen (secondary N) is 1. The molecule has 8 nitrogen and oxygen atoms in total. The molecule has 1 N–H and O–H groups in total. The van der Waals surface area contributed by atoms with Gasteiger partial charge in [0.1, 0.15) is 0 Å². The van der Waals surface area contributed by atoms with Crippen LogP contribution >= 0.6 is 0 Å². The Morgan fingerprint density at radius 2 is 1.72 bits per heavy atom. The quantitative estimate of drug-likeness (QED) is 0.411. The molecule has 0 fully saturated rings. The fraction of sp³-hybridized carbons (Fsp3) is 0.167. The van der Waals surface area contributed by atoms with Crippen LogP contribution in [0, 0.1) is 10.1 Å². The number of ether oxygens (including phenoxy) is 1. The van der Waals surface area contributed by atoms with Crippen molar-refractivity contribution < 1.29 is 19.2 Å². The highest BCUT2D eigenvalue weighted by Gasteiger charge is 2.21. The van der Waals surface area contributed by atoms with E-state index >= 15 is 0 Å². The molecule has 0 aliphatic rings. The highest BCUT2D eigenvalue weighted by Crippen LogP contribution is 2.27. The number of rotatable bonds is 8. The summed E-state index contributed by atoms with van der Waals surface area (Å²) < 4.78 is 5.50. The Morgan fingerprint density at radius 3 is 2.41 bits per heavy atom. The zero-order chi connectivity index (χ0) is 23.1. The van der Waals surface area contributed by atoms with Crippen LogP contribution in [0.2, 0.25) is 0 Å². The van der Waals surface area contributed by atoms with Crippen LogP contribution in [0.3, 0.4) is 0 Å². The summed E-state index contributed by atoms with van der Waals surface area (Å²) in [5.74, 6) is -0.687. The minimum absolute atomic E-state index is 0.00512. The van der Waals surface area contributed by atoms with E-state index in [0.29, 0.717) is 17.8 Å². The minimum atomic E-state index is -0.994. The Balaban J connectivity index is 1.72. The number of nitrogens with zero attached hydrogens (tertiary/aromatic N) is 2. The maximum absolute atomic E-state index is 13.0. The molecular formula is C24H23N3O5. The van der Waals surface area contributed by atoms with E-state index in [9.17, 15) is 19.7 Å². The van der Waals surface area contributed by atoms with Crippen LogP contribution in [0.15, 0.2) is 78.9 Å². The van der Waals surface area contributed by atoms with Gasteiger partial charge in [-0.2, -0.15) is 0 Å². The summed E-state index contributed by atoms with van der Waals surface area (Å²) in [6.07, 6.45) is -0.994. The Hall–Kier alpha value is -4.20. The molecule has 164 valence electrons. The van der Waals surface area contributed by atoms with E-state index in [1.165, 1.54) is 25.1 Å². The Labute approximate surface area is 185 Å². The lowest BCUT2D eigenvalue weighted by Crippen LogP contribution is -2.31. The van der Waals surface area contributed by atoms with Crippen molar-refractivity contribution in [2.75, 3.05) is 16.8 Å². The van der Waals surface area contributed by atoms with Crippen molar-refractivity contribution in [2.45, 2.75) is 20.0 Å². The van der Waals surface area contributed by atoms with Gasteiger partial charge in [0.2, 0.25) is 0 Å². The van der Waals surface area contributed by atoms with E-state index in [1.807, 2.05) is 37.3 Å². The van der Waals surface area contributed by atoms with Gasteiger partial charge >= 0.3 is 5.69 Å². The first-order valence-electron chi connectivity index (χ1n) is 10.1. The number of anilines is 2. The first-order valence-corrected chi connectivity index (χ1v) is 10.1. The summed E-state index contributed by atoms with van der Waals surface area (Å²) in [7, 11) is 0. The van der Waals surface area contributed by atoms with Crippen LogP contribution in [0.1, 0.15) is 24.2 Å². The predicted molar refractivity (Wildman–Crippen MR) is 122 cm³/mol. The number of nitro benzene ring substituents is 1. The third-order valence-corrected chi connectivity index (χ3v) is 4.74. The molecule has 0 radical (unpaired) electrons. The number of amides is 2. The zero-order valence-electron chi connectivity index (χ0n) is 17.7. The third-order valence-electron chi connectivity index (χ3n) is 4.74. The van der Waals surface area contributed by atoms with Gasteiger partial charge in [0, 0.05) is 29.5 Å². The van der Waals surface area contributed by atoms with Gasteiger partial charge in [-0.05, 0) is 50.2 Å². The lowest BCUT2D eigenvalue weighted by atomic mass is 10.1. The Kier molecular flexibility index (Phi) is 7.17. The first-order chi connectivity index (χ1) is 15.4. The van der Waals surface area contributed by atoms with Crippen LogP contribution < -0.4 is 15.0 Å². The lowest BCUT2D eigenvalue weighted by Gasteiger charge is -2.21. The maximum Gasteiger partial charge on any atom is 0.310 e. The van der Waals surface area contributed by atoms with Crippen molar-refractivity contribution >= 4 is 28.9 Å². The summed E-state index contributed by atoms with van der Waals surface area (Å²) >= 11 is 0. The topological polar surface area (TPSA) is 102 Å². The molecule has 0 spiro atoms. The molecule has 0 aromatic heterocycles. The van der Waals surface area contributed by atoms with E-state index in [4.69, 9.17) is 4.74 Å². The molecule has 1 atom stereocenters. The third kappa shape index (κ3) is 5.28. The number of carbonyl (C=O) groups excluding carboxylic acids is 2. The smallest absolute Gasteiger partial charge is 0.310 e. The van der Waals surface area contributed by atoms with Gasteiger partial charge in [-0.25, -0.2) is 0 Å². The van der Waals surface area contributed by atoms with Crippen LogP contribution in [-0.2, 0) is 4.79 Å². The monoisotopic (exact) mass is 433 g/mol. The van der Waals surface area contributed by atoms with E-state index in [2.05, 4.69) is 5.32 Å². The van der Waals surface area contributed by atoms with Crippen LogP contribution in [0.25, 0.3) is 0 Å². The molecule has 0 aliphatic heterocycles. The molecule has 8 heteroatoms. The highest BCUT2D eigenvalue weighted by molar-refractivity contribution is 6.07. The minimum Gasteiger partial charge on any atom is -0.474 e. The second kappa shape index (κ2) is 10.2. The van der Waals surface area contributed by atoms with Crippen molar-refractivity contribution in [3.63, 3.8) is 0 Å². The second-order valence-electron chi connectivity index (χ2n) is 6.94. The van der Waals surface area contributed by atoms with Gasteiger partial charge in [-0.1, -0.05) is 36.4 Å². The van der Waals surface area contributed by atoms with Crippen molar-refractivity contribution in [3.05, 3.63) is 94.5 Å². The molecule has 0 heterocycles. The van der Waals surface area contributed by atoms with Gasteiger partial charge in [0.15, 0.2) is 11.9 Å². The fourth-order valence-electron chi connectivity index (χ4n) is 3.13. The normalized spacial score (nSPS) is 11.3. The molecule has 2 amide bonds. The number of para-hydroxylation sites is 3. The van der Waals surface area contributed by atoms with Crippen molar-refractivity contribution in [1.29, 1.82) is 0 Å². The second-order valence-corrected chi connectivity index (χ2v) is 6.94. The Morgan fingerprint density at radius 1 is 1.03 bits per heavy atom. The molecule has 1 unspecified atom stereocenters. The van der Waals surface area contributed by atoms with Crippen molar-refractivity contribution in [1.82, 2.24) is 0 Å². The van der Waals surface area contributed by atoms with Crippen LogP contribution in [0.5, 0.6) is 5.75 Å². The molecule has 3 rings (SSSR count). The molecule has 0 aliphatic carbocycles. The Bertz CT molecular complexity index is 1120. The average molecular weight is 433 g/mol. The van der Waals surface area contributed by atoms with Gasteiger partial charge in [-0.3, -0.25) is 19.7 Å². The summed E-state index contributed by atoms with van der Waals surface area (Å²) in [4.78, 5) is 37.8. The molecule has 0 saturated carbocycles. The SMILES string of the molecule is CCN(C(=O)c1cccc(NC(=O)C(C)Oc2ccccc2[N+](=O)[O-])c1)c1ccccc1. The molecular weight excluding hydrogens is 410 g/mol. The molecule has 32 heavy (non-hydrogen) atoms.